The maximum Gasteiger partial charge on any atom is 0.0700 e. The minimum atomic E-state index is 0.224. The zero-order valence-corrected chi connectivity index (χ0v) is 9.49. The van der Waals surface area contributed by atoms with Gasteiger partial charge in [0.15, 0.2) is 0 Å². The van der Waals surface area contributed by atoms with Gasteiger partial charge >= 0.3 is 0 Å². The Kier molecular flexibility index (Phi) is 4.85. The first kappa shape index (κ1) is 12.0. The van der Waals surface area contributed by atoms with E-state index >= 15 is 0 Å². The smallest absolute Gasteiger partial charge is 0.0700 e. The molecule has 3 nitrogen and oxygen atoms in total. The van der Waals surface area contributed by atoms with Crippen LogP contribution in [-0.4, -0.2) is 36.5 Å². The molecule has 0 aliphatic carbocycles. The predicted molar refractivity (Wildman–Crippen MR) is 57.3 cm³/mol. The van der Waals surface area contributed by atoms with Crippen molar-refractivity contribution in [2.45, 2.75) is 51.8 Å². The molecule has 0 aromatic heterocycles. The first-order chi connectivity index (χ1) is 6.63. The molecule has 84 valence electrons. The molecule has 1 aliphatic rings. The van der Waals surface area contributed by atoms with Crippen LogP contribution in [0.5, 0.6) is 0 Å². The van der Waals surface area contributed by atoms with Gasteiger partial charge in [-0.1, -0.05) is 13.8 Å². The number of nitrogens with one attached hydrogen (secondary N) is 1. The van der Waals surface area contributed by atoms with Crippen LogP contribution in [0.25, 0.3) is 0 Å². The summed E-state index contributed by atoms with van der Waals surface area (Å²) in [7, 11) is 0. The molecule has 0 aromatic carbocycles. The summed E-state index contributed by atoms with van der Waals surface area (Å²) in [4.78, 5) is 0. The molecular weight excluding hydrogens is 178 g/mol. The second kappa shape index (κ2) is 5.69. The minimum Gasteiger partial charge on any atom is -0.395 e. The van der Waals surface area contributed by atoms with E-state index < -0.39 is 0 Å². The first-order valence-electron chi connectivity index (χ1n) is 5.62. The summed E-state index contributed by atoms with van der Waals surface area (Å²) in [6, 6.07) is 0.648. The number of ether oxygens (including phenoxy) is 1. The Bertz CT molecular complexity index is 161. The van der Waals surface area contributed by atoms with E-state index in [4.69, 9.17) is 4.74 Å². The van der Waals surface area contributed by atoms with E-state index in [9.17, 15) is 5.11 Å². The Hall–Kier alpha value is -0.120. The van der Waals surface area contributed by atoms with Crippen LogP contribution in [0.15, 0.2) is 0 Å². The lowest BCUT2D eigenvalue weighted by molar-refractivity contribution is 0.106. The Morgan fingerprint density at radius 2 is 2.21 bits per heavy atom. The zero-order valence-electron chi connectivity index (χ0n) is 9.49. The van der Waals surface area contributed by atoms with E-state index in [0.717, 1.165) is 19.4 Å². The van der Waals surface area contributed by atoms with E-state index in [2.05, 4.69) is 26.1 Å². The molecular formula is C11H23NO2. The summed E-state index contributed by atoms with van der Waals surface area (Å²) in [5.74, 6) is 0.622. The molecule has 0 aromatic rings. The highest BCUT2D eigenvalue weighted by Gasteiger charge is 2.26. The number of aliphatic hydroxyl groups excluding tert-OH is 1. The van der Waals surface area contributed by atoms with E-state index in [1.165, 1.54) is 0 Å². The highest BCUT2D eigenvalue weighted by molar-refractivity contribution is 4.83. The van der Waals surface area contributed by atoms with Crippen molar-refractivity contribution < 1.29 is 9.84 Å². The fraction of sp³-hybridized carbons (Fsp3) is 1.00. The van der Waals surface area contributed by atoms with Crippen LogP contribution in [0.2, 0.25) is 0 Å². The zero-order chi connectivity index (χ0) is 10.6. The SMILES string of the molecule is CC(C)C[C@@H](CO)N[C@H]1CCO[C@@H]1C. The Labute approximate surface area is 86.8 Å². The van der Waals surface area contributed by atoms with E-state index in [0.29, 0.717) is 12.0 Å². The molecule has 0 amide bonds. The van der Waals surface area contributed by atoms with Crippen LogP contribution in [0.4, 0.5) is 0 Å². The lowest BCUT2D eigenvalue weighted by Crippen LogP contribution is -2.44. The highest BCUT2D eigenvalue weighted by Crippen LogP contribution is 2.15. The van der Waals surface area contributed by atoms with Crippen LogP contribution in [0.3, 0.4) is 0 Å². The fourth-order valence-electron chi connectivity index (χ4n) is 2.02. The van der Waals surface area contributed by atoms with Gasteiger partial charge in [-0.25, -0.2) is 0 Å². The van der Waals surface area contributed by atoms with Crippen molar-refractivity contribution in [1.82, 2.24) is 5.32 Å². The average molecular weight is 201 g/mol. The van der Waals surface area contributed by atoms with Gasteiger partial charge in [-0.3, -0.25) is 0 Å². The molecule has 0 unspecified atom stereocenters. The lowest BCUT2D eigenvalue weighted by Gasteiger charge is -2.24. The van der Waals surface area contributed by atoms with Crippen LogP contribution in [0, 0.1) is 5.92 Å². The fourth-order valence-corrected chi connectivity index (χ4v) is 2.02. The van der Waals surface area contributed by atoms with Crippen molar-refractivity contribution in [2.75, 3.05) is 13.2 Å². The third-order valence-corrected chi connectivity index (χ3v) is 2.80. The molecule has 1 saturated heterocycles. The van der Waals surface area contributed by atoms with Gasteiger partial charge in [0.05, 0.1) is 12.7 Å². The summed E-state index contributed by atoms with van der Waals surface area (Å²) in [6.45, 7) is 7.52. The quantitative estimate of drug-likeness (QED) is 0.701. The largest absolute Gasteiger partial charge is 0.395 e. The summed E-state index contributed by atoms with van der Waals surface area (Å²) >= 11 is 0. The standard InChI is InChI=1S/C11H23NO2/c1-8(2)6-10(7-13)12-11-4-5-14-9(11)3/h8-13H,4-7H2,1-3H3/t9-,10+,11+/m1/s1. The lowest BCUT2D eigenvalue weighted by atomic mass is 10.0. The van der Waals surface area contributed by atoms with Gasteiger partial charge in [0.2, 0.25) is 0 Å². The molecule has 1 rings (SSSR count). The minimum absolute atomic E-state index is 0.224. The van der Waals surface area contributed by atoms with Crippen LogP contribution >= 0.6 is 0 Å². The van der Waals surface area contributed by atoms with Gasteiger partial charge in [0.25, 0.3) is 0 Å². The Morgan fingerprint density at radius 3 is 2.64 bits per heavy atom. The summed E-state index contributed by atoms with van der Waals surface area (Å²) in [5.41, 5.74) is 0. The van der Waals surface area contributed by atoms with Gasteiger partial charge in [-0.05, 0) is 25.7 Å². The maximum atomic E-state index is 9.22. The number of hydrogen-bond acceptors (Lipinski definition) is 3. The van der Waals surface area contributed by atoms with Crippen LogP contribution < -0.4 is 5.32 Å². The second-order valence-corrected chi connectivity index (χ2v) is 4.65. The second-order valence-electron chi connectivity index (χ2n) is 4.65. The monoisotopic (exact) mass is 201 g/mol. The molecule has 0 bridgehead atoms. The Balaban J connectivity index is 2.31. The molecule has 0 saturated carbocycles. The number of rotatable bonds is 5. The third kappa shape index (κ3) is 3.56. The predicted octanol–water partition coefficient (Wildman–Crippen LogP) is 1.16. The third-order valence-electron chi connectivity index (χ3n) is 2.80. The van der Waals surface area contributed by atoms with Gasteiger partial charge < -0.3 is 15.2 Å². The van der Waals surface area contributed by atoms with Gasteiger partial charge in [-0.15, -0.1) is 0 Å². The van der Waals surface area contributed by atoms with Crippen molar-refractivity contribution in [3.8, 4) is 0 Å². The highest BCUT2D eigenvalue weighted by atomic mass is 16.5. The molecule has 14 heavy (non-hydrogen) atoms. The summed E-state index contributed by atoms with van der Waals surface area (Å²) in [6.07, 6.45) is 2.38. The normalized spacial score (nSPS) is 29.8. The summed E-state index contributed by atoms with van der Waals surface area (Å²) < 4.78 is 5.47. The molecule has 2 N–H and O–H groups in total. The van der Waals surface area contributed by atoms with Crippen molar-refractivity contribution in [2.24, 2.45) is 5.92 Å². The molecule has 3 heteroatoms. The molecule has 1 aliphatic heterocycles. The topological polar surface area (TPSA) is 41.5 Å². The van der Waals surface area contributed by atoms with Gasteiger partial charge in [0, 0.05) is 18.7 Å². The first-order valence-corrected chi connectivity index (χ1v) is 5.62. The Morgan fingerprint density at radius 1 is 1.50 bits per heavy atom. The molecule has 0 spiro atoms. The maximum absolute atomic E-state index is 9.22. The van der Waals surface area contributed by atoms with Gasteiger partial charge in [-0.2, -0.15) is 0 Å². The molecule has 0 radical (unpaired) electrons. The van der Waals surface area contributed by atoms with Gasteiger partial charge in [0.1, 0.15) is 0 Å². The average Bonchev–Trinajstić information content (AvgIpc) is 2.50. The van der Waals surface area contributed by atoms with E-state index in [-0.39, 0.29) is 18.8 Å². The number of hydrogen-bond donors (Lipinski definition) is 2. The van der Waals surface area contributed by atoms with Crippen molar-refractivity contribution in [3.05, 3.63) is 0 Å². The van der Waals surface area contributed by atoms with Crippen LogP contribution in [0.1, 0.15) is 33.6 Å². The number of aliphatic hydroxyl groups is 1. The van der Waals surface area contributed by atoms with E-state index in [1.54, 1.807) is 0 Å². The van der Waals surface area contributed by atoms with Crippen molar-refractivity contribution >= 4 is 0 Å². The molecule has 1 fully saturated rings. The molecule has 1 heterocycles. The van der Waals surface area contributed by atoms with Crippen molar-refractivity contribution in [3.63, 3.8) is 0 Å². The summed E-state index contributed by atoms with van der Waals surface area (Å²) in [5, 5.41) is 12.7. The van der Waals surface area contributed by atoms with Crippen LogP contribution in [-0.2, 0) is 4.74 Å². The van der Waals surface area contributed by atoms with Crippen molar-refractivity contribution in [1.29, 1.82) is 0 Å². The molecule has 3 atom stereocenters. The van der Waals surface area contributed by atoms with E-state index in [1.807, 2.05) is 0 Å².